The zero-order chi connectivity index (χ0) is 21.2. The molecule has 3 atom stereocenters. The second kappa shape index (κ2) is 8.56. The highest BCUT2D eigenvalue weighted by molar-refractivity contribution is 6.55. The summed E-state index contributed by atoms with van der Waals surface area (Å²) in [6.45, 7) is 3.88. The quantitative estimate of drug-likeness (QED) is 0.467. The van der Waals surface area contributed by atoms with E-state index in [1.165, 1.54) is 24.3 Å². The second-order valence-electron chi connectivity index (χ2n) is 7.60. The maximum Gasteiger partial charge on any atom is 0.226 e. The summed E-state index contributed by atoms with van der Waals surface area (Å²) in [6.07, 6.45) is 0.636. The minimum absolute atomic E-state index is 0.111. The van der Waals surface area contributed by atoms with Crippen molar-refractivity contribution in [3.63, 3.8) is 0 Å². The molecule has 0 saturated heterocycles. The molecule has 0 spiro atoms. The van der Waals surface area contributed by atoms with E-state index in [-0.39, 0.29) is 33.4 Å². The number of allylic oxidation sites excluding steroid dienone is 1. The first-order valence-corrected chi connectivity index (χ1v) is 9.90. The van der Waals surface area contributed by atoms with Crippen LogP contribution in [0.25, 0.3) is 0 Å². The van der Waals surface area contributed by atoms with Crippen LogP contribution in [0.5, 0.6) is 0 Å². The van der Waals surface area contributed by atoms with Gasteiger partial charge in [0.2, 0.25) is 11.7 Å². The van der Waals surface area contributed by atoms with Crippen LogP contribution < -0.4 is 10.6 Å². The summed E-state index contributed by atoms with van der Waals surface area (Å²) in [5.74, 6) is -1.46. The average molecular weight is 435 g/mol. The van der Waals surface area contributed by atoms with Crippen LogP contribution >= 0.6 is 23.2 Å². The zero-order valence-electron chi connectivity index (χ0n) is 16.0. The van der Waals surface area contributed by atoms with Crippen molar-refractivity contribution in [1.82, 2.24) is 5.32 Å². The molecule has 0 bridgehead atoms. The average Bonchev–Trinajstić information content (AvgIpc) is 3.22. The molecule has 1 amide bonds. The Labute approximate surface area is 179 Å². The van der Waals surface area contributed by atoms with Gasteiger partial charge in [0.15, 0.2) is 6.17 Å². The molecule has 2 aromatic carbocycles. The number of benzene rings is 2. The van der Waals surface area contributed by atoms with Crippen LogP contribution in [-0.4, -0.2) is 17.9 Å². The molecule has 1 aliphatic carbocycles. The highest BCUT2D eigenvalue weighted by atomic mass is 35.5. The van der Waals surface area contributed by atoms with Gasteiger partial charge in [0.05, 0.1) is 5.92 Å². The Morgan fingerprint density at radius 3 is 2.28 bits per heavy atom. The Bertz CT molecular complexity index is 926. The Morgan fingerprint density at radius 2 is 1.69 bits per heavy atom. The lowest BCUT2D eigenvalue weighted by Crippen LogP contribution is -2.47. The lowest BCUT2D eigenvalue weighted by Gasteiger charge is -2.21. The molecule has 2 N–H and O–H groups in total. The molecule has 0 aromatic heterocycles. The van der Waals surface area contributed by atoms with Crippen LogP contribution in [-0.2, 0) is 4.79 Å². The largest absolute Gasteiger partial charge is 0.359 e. The van der Waals surface area contributed by atoms with Gasteiger partial charge in [0.25, 0.3) is 0 Å². The number of anilines is 1. The summed E-state index contributed by atoms with van der Waals surface area (Å²) in [5.41, 5.74) is 0.633. The second-order valence-corrected chi connectivity index (χ2v) is 8.61. The van der Waals surface area contributed by atoms with Gasteiger partial charge in [-0.1, -0.05) is 67.4 Å². The molecule has 0 aliphatic heterocycles. The number of carbonyl (C=O) groups is 2. The van der Waals surface area contributed by atoms with E-state index < -0.39 is 12.0 Å². The predicted molar refractivity (Wildman–Crippen MR) is 113 cm³/mol. The number of carbonyl (C=O) groups excluding carboxylic acids is 2. The van der Waals surface area contributed by atoms with Crippen molar-refractivity contribution in [2.45, 2.75) is 20.0 Å². The Hall–Kier alpha value is -2.37. The molecular formula is C22H21Cl2FN2O2. The molecule has 1 fully saturated rings. The molecule has 7 heteroatoms. The van der Waals surface area contributed by atoms with Gasteiger partial charge in [-0.25, -0.2) is 4.39 Å². The highest BCUT2D eigenvalue weighted by Crippen LogP contribution is 2.59. The van der Waals surface area contributed by atoms with Gasteiger partial charge >= 0.3 is 0 Å². The smallest absolute Gasteiger partial charge is 0.226 e. The molecule has 0 heterocycles. The van der Waals surface area contributed by atoms with E-state index >= 15 is 0 Å². The number of rotatable bonds is 7. The number of nitrogens with one attached hydrogen (secondary N) is 2. The van der Waals surface area contributed by atoms with Crippen LogP contribution in [0.2, 0.25) is 0 Å². The van der Waals surface area contributed by atoms with E-state index in [1.807, 2.05) is 13.8 Å². The monoisotopic (exact) mass is 434 g/mol. The number of hydrogen-bond acceptors (Lipinski definition) is 3. The van der Waals surface area contributed by atoms with Crippen molar-refractivity contribution in [1.29, 1.82) is 0 Å². The maximum absolute atomic E-state index is 13.2. The summed E-state index contributed by atoms with van der Waals surface area (Å²) in [7, 11) is 0. The van der Waals surface area contributed by atoms with E-state index in [2.05, 4.69) is 10.6 Å². The SMILES string of the molecule is CC1(C)[C@H](C(=O)N[C@@H](Nc2ccc(F)cc2)C(=O)c2ccccc2)[C@@H]1C=C(Cl)Cl. The van der Waals surface area contributed by atoms with Crippen molar-refractivity contribution < 1.29 is 14.0 Å². The minimum atomic E-state index is -1.01. The number of ketones is 1. The predicted octanol–water partition coefficient (Wildman–Crippen LogP) is 5.15. The summed E-state index contributed by atoms with van der Waals surface area (Å²) < 4.78 is 13.3. The fraction of sp³-hybridized carbons (Fsp3) is 0.273. The molecule has 152 valence electrons. The van der Waals surface area contributed by atoms with E-state index in [4.69, 9.17) is 23.2 Å². The Kier molecular flexibility index (Phi) is 6.30. The van der Waals surface area contributed by atoms with Crippen LogP contribution in [0.3, 0.4) is 0 Å². The van der Waals surface area contributed by atoms with E-state index in [0.29, 0.717) is 11.3 Å². The summed E-state index contributed by atoms with van der Waals surface area (Å²) >= 11 is 11.5. The molecular weight excluding hydrogens is 414 g/mol. The van der Waals surface area contributed by atoms with E-state index in [0.717, 1.165) is 0 Å². The standard InChI is InChI=1S/C22H21Cl2FN2O2/c1-22(2)16(12-17(23)24)18(22)21(29)27-20(19(28)13-6-4-3-5-7-13)26-15-10-8-14(25)9-11-15/h3-12,16,18,20,26H,1-2H3,(H,27,29)/t16-,18-,20+/m0/s1. The maximum atomic E-state index is 13.2. The van der Waals surface area contributed by atoms with E-state index in [1.54, 1.807) is 36.4 Å². The van der Waals surface area contributed by atoms with Gasteiger partial charge in [0.1, 0.15) is 10.3 Å². The number of hydrogen-bond donors (Lipinski definition) is 2. The van der Waals surface area contributed by atoms with Crippen molar-refractivity contribution >= 4 is 40.6 Å². The molecule has 2 aromatic rings. The zero-order valence-corrected chi connectivity index (χ0v) is 17.5. The Balaban J connectivity index is 1.81. The first-order valence-electron chi connectivity index (χ1n) is 9.14. The normalized spacial score (nSPS) is 20.3. The highest BCUT2D eigenvalue weighted by Gasteiger charge is 2.60. The van der Waals surface area contributed by atoms with Gasteiger partial charge in [-0.05, 0) is 41.7 Å². The summed E-state index contributed by atoms with van der Waals surface area (Å²) in [4.78, 5) is 25.9. The lowest BCUT2D eigenvalue weighted by atomic mass is 10.1. The molecule has 1 aliphatic rings. The van der Waals surface area contributed by atoms with Crippen LogP contribution in [0.15, 0.2) is 65.2 Å². The number of amides is 1. The molecule has 0 radical (unpaired) electrons. The molecule has 29 heavy (non-hydrogen) atoms. The fourth-order valence-corrected chi connectivity index (χ4v) is 3.78. The third-order valence-corrected chi connectivity index (χ3v) is 5.51. The third kappa shape index (κ3) is 4.98. The van der Waals surface area contributed by atoms with Crippen molar-refractivity contribution in [3.05, 3.63) is 76.5 Å². The van der Waals surface area contributed by atoms with E-state index in [9.17, 15) is 14.0 Å². The van der Waals surface area contributed by atoms with Crippen molar-refractivity contribution in [2.75, 3.05) is 5.32 Å². The number of halogens is 3. The van der Waals surface area contributed by atoms with Crippen LogP contribution in [0.1, 0.15) is 24.2 Å². The fourth-order valence-electron chi connectivity index (χ4n) is 3.51. The molecule has 4 nitrogen and oxygen atoms in total. The van der Waals surface area contributed by atoms with Crippen LogP contribution in [0, 0.1) is 23.1 Å². The van der Waals surface area contributed by atoms with Gasteiger partial charge in [-0.15, -0.1) is 0 Å². The van der Waals surface area contributed by atoms with Crippen molar-refractivity contribution in [2.24, 2.45) is 17.3 Å². The van der Waals surface area contributed by atoms with Crippen molar-refractivity contribution in [3.8, 4) is 0 Å². The lowest BCUT2D eigenvalue weighted by molar-refractivity contribution is -0.123. The first-order chi connectivity index (χ1) is 13.7. The molecule has 3 rings (SSSR count). The van der Waals surface area contributed by atoms with Gasteiger partial charge < -0.3 is 10.6 Å². The summed E-state index contributed by atoms with van der Waals surface area (Å²) in [5, 5.41) is 5.78. The molecule has 0 unspecified atom stereocenters. The topological polar surface area (TPSA) is 58.2 Å². The molecule has 1 saturated carbocycles. The minimum Gasteiger partial charge on any atom is -0.359 e. The van der Waals surface area contributed by atoms with Gasteiger partial charge in [-0.2, -0.15) is 0 Å². The number of Topliss-reactive ketones (excluding diaryl/α,β-unsaturated/α-hetero) is 1. The third-order valence-electron chi connectivity index (χ3n) is 5.26. The summed E-state index contributed by atoms with van der Waals surface area (Å²) in [6, 6.07) is 14.2. The first kappa shape index (κ1) is 21.3. The Morgan fingerprint density at radius 1 is 1.07 bits per heavy atom. The van der Waals surface area contributed by atoms with Crippen LogP contribution in [0.4, 0.5) is 10.1 Å². The van der Waals surface area contributed by atoms with Gasteiger partial charge in [-0.3, -0.25) is 9.59 Å². The van der Waals surface area contributed by atoms with Gasteiger partial charge in [0, 0.05) is 11.3 Å².